The quantitative estimate of drug-likeness (QED) is 0.0798. The zero-order valence-electron chi connectivity index (χ0n) is 24.5. The Morgan fingerprint density at radius 1 is 0.617 bits per heavy atom. The number of nitrogens with one attached hydrogen (secondary N) is 3. The van der Waals surface area contributed by atoms with Gasteiger partial charge in [0.05, 0.1) is 44.3 Å². The lowest BCUT2D eigenvalue weighted by atomic mass is 10.1. The number of ether oxygens (including phenoxy) is 2. The van der Waals surface area contributed by atoms with Crippen LogP contribution in [0.5, 0.6) is 0 Å². The van der Waals surface area contributed by atoms with Crippen molar-refractivity contribution in [1.29, 1.82) is 0 Å². The third kappa shape index (κ3) is 13.6. The molecule has 0 unspecified atom stereocenters. The number of likely N-dealkylation sites (N-methyl/N-ethyl adjacent to an activating group) is 1. The van der Waals surface area contributed by atoms with E-state index in [0.717, 1.165) is 22.5 Å². The van der Waals surface area contributed by atoms with Crippen LogP contribution in [-0.2, 0) is 31.9 Å². The first-order valence-corrected chi connectivity index (χ1v) is 15.5. The average Bonchev–Trinajstić information content (AvgIpc) is 3.02. The van der Waals surface area contributed by atoms with Gasteiger partial charge in [0, 0.05) is 24.5 Å². The van der Waals surface area contributed by atoms with Gasteiger partial charge in [-0.05, 0) is 54.6 Å². The molecular formula is C35H42Cl4N4O4. The van der Waals surface area contributed by atoms with Crippen LogP contribution in [0.2, 0.25) is 20.1 Å². The van der Waals surface area contributed by atoms with Crippen LogP contribution in [0.25, 0.3) is 0 Å². The molecule has 0 amide bonds. The summed E-state index contributed by atoms with van der Waals surface area (Å²) in [5.41, 5.74) is 9.67. The van der Waals surface area contributed by atoms with Crippen LogP contribution in [0.1, 0.15) is 26.0 Å². The molecule has 0 aliphatic carbocycles. The molecule has 0 radical (unpaired) electrons. The maximum atomic E-state index is 11.9. The molecule has 0 aromatic heterocycles. The first-order valence-electron chi connectivity index (χ1n) is 14.0. The fourth-order valence-electron chi connectivity index (χ4n) is 3.95. The summed E-state index contributed by atoms with van der Waals surface area (Å²) in [4.78, 5) is 23.6. The predicted octanol–water partition coefficient (Wildman–Crippen LogP) is 9.10. The van der Waals surface area contributed by atoms with Crippen molar-refractivity contribution in [3.8, 4) is 0 Å². The highest BCUT2D eigenvalue weighted by molar-refractivity contribution is 6.39. The molecule has 4 aromatic rings. The van der Waals surface area contributed by atoms with E-state index >= 15 is 0 Å². The molecule has 5 N–H and O–H groups in total. The number of hydrogen-bond donors (Lipinski definition) is 4. The predicted molar refractivity (Wildman–Crippen MR) is 198 cm³/mol. The van der Waals surface area contributed by atoms with Crippen molar-refractivity contribution in [2.24, 2.45) is 5.73 Å². The number of nitrogens with two attached hydrogens (primary N) is 1. The summed E-state index contributed by atoms with van der Waals surface area (Å²) < 4.78 is 10.2. The van der Waals surface area contributed by atoms with Crippen molar-refractivity contribution in [3.63, 3.8) is 0 Å². The highest BCUT2D eigenvalue weighted by atomic mass is 35.5. The molecule has 12 heteroatoms. The topological polar surface area (TPSA) is 115 Å². The number of benzene rings is 4. The molecule has 0 fully saturated rings. The molecule has 254 valence electrons. The second-order valence-electron chi connectivity index (χ2n) is 9.44. The van der Waals surface area contributed by atoms with E-state index in [0.29, 0.717) is 51.2 Å². The normalized spacial score (nSPS) is 9.91. The van der Waals surface area contributed by atoms with Crippen molar-refractivity contribution >= 4 is 81.1 Å². The van der Waals surface area contributed by atoms with Gasteiger partial charge in [0.25, 0.3) is 0 Å². The van der Waals surface area contributed by atoms with Crippen molar-refractivity contribution in [2.75, 3.05) is 44.0 Å². The minimum absolute atomic E-state index is 0. The Morgan fingerprint density at radius 2 is 1.00 bits per heavy atom. The molecule has 0 bridgehead atoms. The third-order valence-corrected chi connectivity index (χ3v) is 7.41. The number of anilines is 4. The summed E-state index contributed by atoms with van der Waals surface area (Å²) >= 11 is 24.7. The third-order valence-electron chi connectivity index (χ3n) is 6.15. The van der Waals surface area contributed by atoms with Crippen LogP contribution in [0.4, 0.5) is 22.7 Å². The van der Waals surface area contributed by atoms with E-state index in [-0.39, 0.29) is 46.2 Å². The van der Waals surface area contributed by atoms with Crippen LogP contribution in [-0.4, -0.2) is 45.3 Å². The number of carbonyl (C=O) groups is 2. The standard InChI is InChI=1S/C17H18Cl2N2O2.C16H16Cl2N2O2.2CH4/c1-20-9-10-23-16(22)11-12-5-2-3-8-15(12)21-17-13(18)6-4-7-14(17)19;17-12-5-3-6-13(18)16(12)20-14-7-2-1-4-11(14)10-15(21)22-9-8-19;;/h2-8,20-21H,9-11H2,1H3;1-7,20H,8-10,19H2;2*1H4. The van der Waals surface area contributed by atoms with Crippen LogP contribution < -0.4 is 21.7 Å². The Hall–Kier alpha value is -3.50. The average molecular weight is 725 g/mol. The maximum absolute atomic E-state index is 11.9. The Balaban J connectivity index is 0.000000451. The lowest BCUT2D eigenvalue weighted by Gasteiger charge is -2.14. The van der Waals surface area contributed by atoms with Gasteiger partial charge in [0.1, 0.15) is 13.2 Å². The molecule has 4 rings (SSSR count). The lowest BCUT2D eigenvalue weighted by molar-refractivity contribution is -0.143. The summed E-state index contributed by atoms with van der Waals surface area (Å²) in [5, 5.41) is 11.3. The second-order valence-corrected chi connectivity index (χ2v) is 11.1. The van der Waals surface area contributed by atoms with E-state index in [9.17, 15) is 9.59 Å². The van der Waals surface area contributed by atoms with Gasteiger partial charge in [0.15, 0.2) is 0 Å². The highest BCUT2D eigenvalue weighted by Gasteiger charge is 2.13. The van der Waals surface area contributed by atoms with Gasteiger partial charge in [-0.3, -0.25) is 9.59 Å². The van der Waals surface area contributed by atoms with E-state index in [2.05, 4.69) is 16.0 Å². The number of esters is 2. The number of para-hydroxylation sites is 4. The van der Waals surface area contributed by atoms with Crippen molar-refractivity contribution < 1.29 is 19.1 Å². The molecule has 8 nitrogen and oxygen atoms in total. The minimum atomic E-state index is -0.329. The fraction of sp³-hybridized carbons (Fsp3) is 0.257. The molecule has 0 heterocycles. The first kappa shape index (κ1) is 41.5. The fourth-order valence-corrected chi connectivity index (χ4v) is 4.93. The Kier molecular flexibility index (Phi) is 19.6. The first-order chi connectivity index (χ1) is 21.7. The summed E-state index contributed by atoms with van der Waals surface area (Å²) in [5.74, 6) is -0.607. The number of halogens is 4. The summed E-state index contributed by atoms with van der Waals surface area (Å²) in [6.07, 6.45) is 0.320. The summed E-state index contributed by atoms with van der Waals surface area (Å²) in [6, 6.07) is 25.4. The maximum Gasteiger partial charge on any atom is 0.310 e. The summed E-state index contributed by atoms with van der Waals surface area (Å²) in [7, 11) is 1.81. The molecule has 0 aliphatic heterocycles. The van der Waals surface area contributed by atoms with E-state index in [1.165, 1.54) is 0 Å². The Labute approximate surface area is 297 Å². The van der Waals surface area contributed by atoms with Gasteiger partial charge in [0.2, 0.25) is 0 Å². The minimum Gasteiger partial charge on any atom is -0.464 e. The van der Waals surface area contributed by atoms with Gasteiger partial charge < -0.3 is 31.2 Å². The monoisotopic (exact) mass is 722 g/mol. The van der Waals surface area contributed by atoms with Gasteiger partial charge in [-0.25, -0.2) is 0 Å². The largest absolute Gasteiger partial charge is 0.464 e. The van der Waals surface area contributed by atoms with E-state index in [4.69, 9.17) is 61.6 Å². The lowest BCUT2D eigenvalue weighted by Crippen LogP contribution is -2.18. The van der Waals surface area contributed by atoms with Crippen LogP contribution in [0, 0.1) is 0 Å². The van der Waals surface area contributed by atoms with E-state index < -0.39 is 0 Å². The highest BCUT2D eigenvalue weighted by Crippen LogP contribution is 2.35. The molecule has 4 aromatic carbocycles. The van der Waals surface area contributed by atoms with Crippen LogP contribution in [0.15, 0.2) is 84.9 Å². The second kappa shape index (κ2) is 22.1. The smallest absolute Gasteiger partial charge is 0.310 e. The van der Waals surface area contributed by atoms with Crippen molar-refractivity contribution in [1.82, 2.24) is 5.32 Å². The van der Waals surface area contributed by atoms with Gasteiger partial charge in [-0.1, -0.05) is 110 Å². The SMILES string of the molecule is C.C.CNCCOC(=O)Cc1ccccc1Nc1c(Cl)cccc1Cl.NCCOC(=O)Cc1ccccc1Nc1c(Cl)cccc1Cl. The zero-order valence-corrected chi connectivity index (χ0v) is 27.6. The van der Waals surface area contributed by atoms with E-state index in [1.54, 1.807) is 43.4 Å². The molecule has 47 heavy (non-hydrogen) atoms. The molecule has 0 spiro atoms. The van der Waals surface area contributed by atoms with E-state index in [1.807, 2.05) is 48.5 Å². The van der Waals surface area contributed by atoms with Crippen molar-refractivity contribution in [3.05, 3.63) is 116 Å². The van der Waals surface area contributed by atoms with Gasteiger partial charge in [-0.2, -0.15) is 0 Å². The molecule has 0 aliphatic rings. The molecule has 0 saturated carbocycles. The van der Waals surface area contributed by atoms with Crippen LogP contribution >= 0.6 is 46.4 Å². The molecule has 0 atom stereocenters. The van der Waals surface area contributed by atoms with Crippen LogP contribution in [0.3, 0.4) is 0 Å². The Morgan fingerprint density at radius 3 is 1.38 bits per heavy atom. The summed E-state index contributed by atoms with van der Waals surface area (Å²) in [6.45, 7) is 1.49. The zero-order chi connectivity index (χ0) is 32.6. The van der Waals surface area contributed by atoms with Gasteiger partial charge in [-0.15, -0.1) is 0 Å². The number of carbonyl (C=O) groups excluding carboxylic acids is 2. The van der Waals surface area contributed by atoms with Gasteiger partial charge >= 0.3 is 11.9 Å². The number of rotatable bonds is 13. The number of hydrogen-bond acceptors (Lipinski definition) is 8. The molecular weight excluding hydrogens is 682 g/mol. The van der Waals surface area contributed by atoms with Crippen molar-refractivity contribution in [2.45, 2.75) is 27.7 Å². The molecule has 0 saturated heterocycles. The Bertz CT molecular complexity index is 1530.